The van der Waals surface area contributed by atoms with Crippen LogP contribution in [0.4, 0.5) is 0 Å². The van der Waals surface area contributed by atoms with Gasteiger partial charge in [0.15, 0.2) is 0 Å². The lowest BCUT2D eigenvalue weighted by atomic mass is 10.0. The topological polar surface area (TPSA) is 82.6 Å². The van der Waals surface area contributed by atoms with E-state index in [4.69, 9.17) is 9.47 Å². The predicted molar refractivity (Wildman–Crippen MR) is 148 cm³/mol. The first kappa shape index (κ1) is 28.3. The smallest absolute Gasteiger partial charge is 0.257 e. The molecule has 2 unspecified atom stereocenters. The summed E-state index contributed by atoms with van der Waals surface area (Å²) in [4.78, 5) is 32.8. The molecule has 4 rings (SSSR count). The molecule has 3 heterocycles. The van der Waals surface area contributed by atoms with Crippen LogP contribution in [0.3, 0.4) is 0 Å². The Morgan fingerprint density at radius 1 is 1.21 bits per heavy atom. The molecule has 0 spiro atoms. The van der Waals surface area contributed by atoms with Crippen molar-refractivity contribution in [3.05, 3.63) is 52.6 Å². The fourth-order valence-corrected chi connectivity index (χ4v) is 5.75. The predicted octanol–water partition coefficient (Wildman–Crippen LogP) is 3.51. The van der Waals surface area contributed by atoms with Crippen LogP contribution in [0.5, 0.6) is 5.75 Å². The average molecular weight is 526 g/mol. The molecule has 1 saturated heterocycles. The number of allylic oxidation sites excluding steroid dienone is 1. The molecule has 1 aromatic rings. The lowest BCUT2D eigenvalue weighted by Gasteiger charge is -2.39. The minimum Gasteiger partial charge on any atom is -0.485 e. The summed E-state index contributed by atoms with van der Waals surface area (Å²) in [5.74, 6) is 0.120. The number of nitrogens with zero attached hydrogens (tertiary/aromatic N) is 3. The van der Waals surface area contributed by atoms with Crippen LogP contribution >= 0.6 is 0 Å². The van der Waals surface area contributed by atoms with Crippen LogP contribution < -0.4 is 4.74 Å². The van der Waals surface area contributed by atoms with Gasteiger partial charge in [-0.25, -0.2) is 0 Å². The molecule has 0 bridgehead atoms. The highest BCUT2D eigenvalue weighted by molar-refractivity contribution is 6.00. The standard InChI is InChI=1S/C30H43N3O5/c1-7-8-24-14-31(12-11-20(24)2)15-25(34)16-32-19-30(5,6)38-27-13-23(9-10-26(27)29(32)36)28(35)33-21(3)17-37-18-22(33)4/h7-10,13,21-22,25,34H,11-12,14-19H2,1-6H3/b8-7-/t21?,22?,25-/m1/s1. The van der Waals surface area contributed by atoms with Gasteiger partial charge in [-0.1, -0.05) is 17.7 Å². The van der Waals surface area contributed by atoms with Crippen molar-refractivity contribution in [1.82, 2.24) is 14.7 Å². The summed E-state index contributed by atoms with van der Waals surface area (Å²) in [5.41, 5.74) is 2.90. The zero-order valence-corrected chi connectivity index (χ0v) is 23.7. The first-order valence-electron chi connectivity index (χ1n) is 13.7. The minimum absolute atomic E-state index is 0.0329. The van der Waals surface area contributed by atoms with Crippen molar-refractivity contribution in [2.24, 2.45) is 0 Å². The van der Waals surface area contributed by atoms with E-state index in [1.165, 1.54) is 11.1 Å². The van der Waals surface area contributed by atoms with Crippen LogP contribution in [0.15, 0.2) is 41.5 Å². The first-order valence-corrected chi connectivity index (χ1v) is 13.7. The number of benzene rings is 1. The third-order valence-electron chi connectivity index (χ3n) is 7.62. The van der Waals surface area contributed by atoms with Gasteiger partial charge < -0.3 is 24.4 Å². The summed E-state index contributed by atoms with van der Waals surface area (Å²) in [7, 11) is 0. The molecule has 3 atom stereocenters. The molecule has 0 aliphatic carbocycles. The first-order chi connectivity index (χ1) is 18.0. The maximum absolute atomic E-state index is 13.6. The van der Waals surface area contributed by atoms with Gasteiger partial charge in [-0.15, -0.1) is 0 Å². The molecule has 1 N–H and O–H groups in total. The Bertz CT molecular complexity index is 1100. The highest BCUT2D eigenvalue weighted by Crippen LogP contribution is 2.32. The molecule has 38 heavy (non-hydrogen) atoms. The van der Waals surface area contributed by atoms with Gasteiger partial charge in [0, 0.05) is 31.7 Å². The van der Waals surface area contributed by atoms with Gasteiger partial charge in [-0.3, -0.25) is 14.5 Å². The molecule has 0 aromatic heterocycles. The number of rotatable bonds is 6. The van der Waals surface area contributed by atoms with Crippen LogP contribution in [-0.2, 0) is 4.74 Å². The summed E-state index contributed by atoms with van der Waals surface area (Å²) in [6, 6.07) is 5.01. The Morgan fingerprint density at radius 2 is 1.92 bits per heavy atom. The number of morpholine rings is 1. The minimum atomic E-state index is -0.689. The lowest BCUT2D eigenvalue weighted by molar-refractivity contribution is -0.0249. The lowest BCUT2D eigenvalue weighted by Crippen LogP contribution is -2.52. The highest BCUT2D eigenvalue weighted by Gasteiger charge is 2.36. The molecule has 0 saturated carbocycles. The van der Waals surface area contributed by atoms with Crippen molar-refractivity contribution < 1.29 is 24.2 Å². The second kappa shape index (κ2) is 11.6. The van der Waals surface area contributed by atoms with Crippen LogP contribution in [0.25, 0.3) is 0 Å². The number of fused-ring (bicyclic) bond motifs is 1. The molecule has 208 valence electrons. The summed E-state index contributed by atoms with van der Waals surface area (Å²) in [5, 5.41) is 11.0. The molecule has 2 amide bonds. The summed E-state index contributed by atoms with van der Waals surface area (Å²) in [6.45, 7) is 15.7. The van der Waals surface area contributed by atoms with Gasteiger partial charge in [-0.2, -0.15) is 0 Å². The number of carbonyl (C=O) groups excluding carboxylic acids is 2. The van der Waals surface area contributed by atoms with Crippen molar-refractivity contribution >= 4 is 11.8 Å². The largest absolute Gasteiger partial charge is 0.485 e. The molecular formula is C30H43N3O5. The SMILES string of the molecule is C/C=C\C1=C(C)CCN(C[C@@H](O)CN2CC(C)(C)Oc3cc(C(=O)N4C(C)COCC4C)ccc3C2=O)C1. The monoisotopic (exact) mass is 525 g/mol. The highest BCUT2D eigenvalue weighted by atomic mass is 16.5. The Morgan fingerprint density at radius 3 is 2.61 bits per heavy atom. The maximum atomic E-state index is 13.6. The van der Waals surface area contributed by atoms with Gasteiger partial charge in [0.25, 0.3) is 11.8 Å². The zero-order chi connectivity index (χ0) is 27.6. The fourth-order valence-electron chi connectivity index (χ4n) is 5.75. The Labute approximate surface area is 226 Å². The molecule has 3 aliphatic rings. The van der Waals surface area contributed by atoms with E-state index in [0.29, 0.717) is 43.2 Å². The van der Waals surface area contributed by atoms with Gasteiger partial charge >= 0.3 is 0 Å². The third kappa shape index (κ3) is 6.30. The Hall–Kier alpha value is -2.68. The van der Waals surface area contributed by atoms with Gasteiger partial charge in [0.1, 0.15) is 11.4 Å². The van der Waals surface area contributed by atoms with Gasteiger partial charge in [-0.05, 0) is 71.7 Å². The number of hydrogen-bond acceptors (Lipinski definition) is 6. The van der Waals surface area contributed by atoms with E-state index < -0.39 is 11.7 Å². The molecule has 8 heteroatoms. The van der Waals surface area contributed by atoms with Crippen LogP contribution in [0, 0.1) is 0 Å². The van der Waals surface area contributed by atoms with Crippen molar-refractivity contribution in [1.29, 1.82) is 0 Å². The molecular weight excluding hydrogens is 482 g/mol. The van der Waals surface area contributed by atoms with E-state index in [2.05, 4.69) is 24.0 Å². The van der Waals surface area contributed by atoms with Crippen molar-refractivity contribution in [3.63, 3.8) is 0 Å². The zero-order valence-electron chi connectivity index (χ0n) is 23.7. The van der Waals surface area contributed by atoms with Crippen molar-refractivity contribution in [3.8, 4) is 5.75 Å². The summed E-state index contributed by atoms with van der Waals surface area (Å²) < 4.78 is 11.9. The van der Waals surface area contributed by atoms with Gasteiger partial charge in [0.05, 0.1) is 43.5 Å². The third-order valence-corrected chi connectivity index (χ3v) is 7.62. The molecule has 1 fully saturated rings. The van der Waals surface area contributed by atoms with E-state index >= 15 is 0 Å². The van der Waals surface area contributed by atoms with Crippen molar-refractivity contribution in [2.75, 3.05) is 45.9 Å². The summed E-state index contributed by atoms with van der Waals surface area (Å²) in [6.07, 6.45) is 4.48. The number of hydrogen-bond donors (Lipinski definition) is 1. The second-order valence-corrected chi connectivity index (χ2v) is 11.7. The Kier molecular flexibility index (Phi) is 8.65. The number of β-amino-alcohol motifs (C(OH)–C–C–N with tert-alkyl or cyclic N) is 1. The average Bonchev–Trinajstić information content (AvgIpc) is 2.93. The summed E-state index contributed by atoms with van der Waals surface area (Å²) >= 11 is 0. The van der Waals surface area contributed by atoms with Crippen molar-refractivity contribution in [2.45, 2.75) is 71.8 Å². The number of aliphatic hydroxyl groups excluding tert-OH is 1. The fraction of sp³-hybridized carbons (Fsp3) is 0.600. The van der Waals surface area contributed by atoms with E-state index in [1.54, 1.807) is 23.1 Å². The molecule has 8 nitrogen and oxygen atoms in total. The van der Waals surface area contributed by atoms with E-state index in [9.17, 15) is 14.7 Å². The maximum Gasteiger partial charge on any atom is 0.257 e. The normalized spacial score (nSPS) is 25.3. The van der Waals surface area contributed by atoms with E-state index in [1.807, 2.05) is 39.5 Å². The number of amides is 2. The number of ether oxygens (including phenoxy) is 2. The number of aliphatic hydroxyl groups is 1. The van der Waals surface area contributed by atoms with Crippen LogP contribution in [0.2, 0.25) is 0 Å². The van der Waals surface area contributed by atoms with Crippen LogP contribution in [0.1, 0.15) is 68.7 Å². The molecule has 3 aliphatic heterocycles. The quantitative estimate of drug-likeness (QED) is 0.612. The Balaban J connectivity index is 1.49. The molecule has 1 aromatic carbocycles. The number of carbonyl (C=O) groups is 2. The second-order valence-electron chi connectivity index (χ2n) is 11.7. The van der Waals surface area contributed by atoms with E-state index in [0.717, 1.165) is 19.5 Å². The molecule has 0 radical (unpaired) electrons. The van der Waals surface area contributed by atoms with E-state index in [-0.39, 0.29) is 30.4 Å². The van der Waals surface area contributed by atoms with Crippen LogP contribution in [-0.4, -0.2) is 101 Å². The van der Waals surface area contributed by atoms with Gasteiger partial charge in [0.2, 0.25) is 0 Å².